The average Bonchev–Trinajstić information content (AvgIpc) is 2.66. The Morgan fingerprint density at radius 3 is 2.40 bits per heavy atom. The summed E-state index contributed by atoms with van der Waals surface area (Å²) in [5, 5.41) is 5.06. The fourth-order valence-electron chi connectivity index (χ4n) is 2.69. The highest BCUT2D eigenvalue weighted by Gasteiger charge is 2.32. The highest BCUT2D eigenvalue weighted by molar-refractivity contribution is 6.30. The topological polar surface area (TPSA) is 54.0 Å². The molecule has 0 bridgehead atoms. The van der Waals surface area contributed by atoms with Gasteiger partial charge >= 0.3 is 12.2 Å². The molecule has 0 spiro atoms. The van der Waals surface area contributed by atoms with Crippen molar-refractivity contribution in [2.75, 3.05) is 5.32 Å². The number of rotatable bonds is 4. The van der Waals surface area contributed by atoms with Crippen molar-refractivity contribution in [1.82, 2.24) is 10.3 Å². The number of anilines is 1. The highest BCUT2D eigenvalue weighted by atomic mass is 35.5. The molecule has 3 rings (SSSR count). The van der Waals surface area contributed by atoms with Gasteiger partial charge < -0.3 is 10.6 Å². The number of aromatic nitrogens is 1. The molecule has 0 fully saturated rings. The number of hydrogen-bond donors (Lipinski definition) is 2. The third-order valence-corrected chi connectivity index (χ3v) is 4.21. The molecule has 10 heteroatoms. The van der Waals surface area contributed by atoms with Gasteiger partial charge in [0.1, 0.15) is 11.6 Å². The molecule has 0 aliphatic rings. The lowest BCUT2D eigenvalue weighted by molar-refractivity contribution is -0.137. The lowest BCUT2D eigenvalue weighted by Crippen LogP contribution is -2.34. The lowest BCUT2D eigenvalue weighted by atomic mass is 10.00. The third kappa shape index (κ3) is 5.44. The van der Waals surface area contributed by atoms with Crippen LogP contribution < -0.4 is 10.6 Å². The van der Waals surface area contributed by atoms with Crippen LogP contribution >= 0.6 is 11.6 Å². The Bertz CT molecular complexity index is 1060. The molecule has 30 heavy (non-hydrogen) atoms. The van der Waals surface area contributed by atoms with Crippen LogP contribution in [0.5, 0.6) is 0 Å². The fraction of sp³-hybridized carbons (Fsp3) is 0.100. The van der Waals surface area contributed by atoms with E-state index in [-0.39, 0.29) is 22.0 Å². The smallest absolute Gasteiger partial charge is 0.325 e. The predicted molar refractivity (Wildman–Crippen MR) is 101 cm³/mol. The maximum atomic E-state index is 13.9. The van der Waals surface area contributed by atoms with Crippen molar-refractivity contribution in [1.29, 1.82) is 0 Å². The molecular weight excluding hydrogens is 429 g/mol. The minimum absolute atomic E-state index is 0.116. The molecule has 2 aromatic carbocycles. The van der Waals surface area contributed by atoms with Crippen molar-refractivity contribution in [3.8, 4) is 0 Å². The monoisotopic (exact) mass is 441 g/mol. The molecule has 1 aromatic heterocycles. The Morgan fingerprint density at radius 1 is 1.00 bits per heavy atom. The number of benzene rings is 2. The van der Waals surface area contributed by atoms with Crippen molar-refractivity contribution in [3.63, 3.8) is 0 Å². The Labute approximate surface area is 172 Å². The standard InChI is InChI=1S/C20H13ClF5N3O/c21-13-4-5-17(27-10-13)18(11-6-12(20(24,25)26)8-15(23)7-11)29-19(30)28-16-3-1-2-14(22)9-16/h1-10,18H,(H2,28,29,30)/t18-/m0/s1. The molecule has 0 saturated carbocycles. The van der Waals surface area contributed by atoms with E-state index in [4.69, 9.17) is 11.6 Å². The van der Waals surface area contributed by atoms with Crippen LogP contribution in [-0.4, -0.2) is 11.0 Å². The first-order valence-electron chi connectivity index (χ1n) is 8.44. The SMILES string of the molecule is O=C(Nc1cccc(F)c1)N[C@@H](c1cc(F)cc(C(F)(F)F)c1)c1ccc(Cl)cn1. The first-order chi connectivity index (χ1) is 14.1. The molecule has 0 unspecified atom stereocenters. The van der Waals surface area contributed by atoms with Crippen molar-refractivity contribution < 1.29 is 26.7 Å². The van der Waals surface area contributed by atoms with E-state index in [1.807, 2.05) is 0 Å². The van der Waals surface area contributed by atoms with Crippen LogP contribution in [0, 0.1) is 11.6 Å². The summed E-state index contributed by atoms with van der Waals surface area (Å²) in [4.78, 5) is 16.4. The van der Waals surface area contributed by atoms with Gasteiger partial charge in [0.2, 0.25) is 0 Å². The van der Waals surface area contributed by atoms with Crippen molar-refractivity contribution in [2.24, 2.45) is 0 Å². The first-order valence-corrected chi connectivity index (χ1v) is 8.82. The van der Waals surface area contributed by atoms with Gasteiger partial charge in [-0.05, 0) is 54.1 Å². The number of pyridine rings is 1. The minimum Gasteiger partial charge on any atom is -0.325 e. The van der Waals surface area contributed by atoms with Crippen molar-refractivity contribution in [2.45, 2.75) is 12.2 Å². The second-order valence-corrected chi connectivity index (χ2v) is 6.65. The molecule has 2 amide bonds. The normalized spacial score (nSPS) is 12.3. The zero-order valence-corrected chi connectivity index (χ0v) is 15.7. The molecule has 0 radical (unpaired) electrons. The zero-order valence-electron chi connectivity index (χ0n) is 15.0. The van der Waals surface area contributed by atoms with E-state index >= 15 is 0 Å². The van der Waals surface area contributed by atoms with E-state index in [1.54, 1.807) is 0 Å². The van der Waals surface area contributed by atoms with Crippen LogP contribution in [0.15, 0.2) is 60.8 Å². The van der Waals surface area contributed by atoms with E-state index in [0.29, 0.717) is 12.1 Å². The zero-order chi connectivity index (χ0) is 21.9. The molecule has 1 atom stereocenters. The maximum Gasteiger partial charge on any atom is 0.416 e. The molecule has 0 saturated heterocycles. The van der Waals surface area contributed by atoms with Crippen LogP contribution in [0.4, 0.5) is 32.4 Å². The van der Waals surface area contributed by atoms with Crippen LogP contribution in [0.3, 0.4) is 0 Å². The molecule has 0 aliphatic carbocycles. The van der Waals surface area contributed by atoms with Gasteiger partial charge in [-0.1, -0.05) is 17.7 Å². The summed E-state index contributed by atoms with van der Waals surface area (Å²) in [6.45, 7) is 0. The lowest BCUT2D eigenvalue weighted by Gasteiger charge is -2.21. The van der Waals surface area contributed by atoms with E-state index < -0.39 is 35.4 Å². The summed E-state index contributed by atoms with van der Waals surface area (Å²) in [6, 6.07) is 7.64. The summed E-state index contributed by atoms with van der Waals surface area (Å²) >= 11 is 5.79. The van der Waals surface area contributed by atoms with Gasteiger partial charge in [0.25, 0.3) is 0 Å². The van der Waals surface area contributed by atoms with Gasteiger partial charge in [-0.3, -0.25) is 4.98 Å². The summed E-state index contributed by atoms with van der Waals surface area (Å²) < 4.78 is 66.6. The summed E-state index contributed by atoms with van der Waals surface area (Å²) in [6.07, 6.45) is -3.56. The van der Waals surface area contributed by atoms with Crippen LogP contribution in [0.2, 0.25) is 5.02 Å². The number of carbonyl (C=O) groups excluding carboxylic acids is 1. The molecule has 3 aromatic rings. The van der Waals surface area contributed by atoms with Crippen molar-refractivity contribution in [3.05, 3.63) is 94.3 Å². The van der Waals surface area contributed by atoms with Crippen LogP contribution in [0.1, 0.15) is 22.9 Å². The molecular formula is C20H13ClF5N3O. The van der Waals surface area contributed by atoms with Gasteiger partial charge in [0.15, 0.2) is 0 Å². The average molecular weight is 442 g/mol. The molecule has 2 N–H and O–H groups in total. The molecule has 156 valence electrons. The van der Waals surface area contributed by atoms with E-state index in [0.717, 1.165) is 12.1 Å². The number of hydrogen-bond acceptors (Lipinski definition) is 2. The Hall–Kier alpha value is -3.20. The van der Waals surface area contributed by atoms with Gasteiger partial charge in [0.05, 0.1) is 22.3 Å². The van der Waals surface area contributed by atoms with Crippen LogP contribution in [0.25, 0.3) is 0 Å². The number of nitrogens with one attached hydrogen (secondary N) is 2. The predicted octanol–water partition coefficient (Wildman–Crippen LogP) is 5.94. The number of halogens is 6. The van der Waals surface area contributed by atoms with E-state index in [2.05, 4.69) is 15.6 Å². The minimum atomic E-state index is -4.79. The summed E-state index contributed by atoms with van der Waals surface area (Å²) in [7, 11) is 0. The maximum absolute atomic E-state index is 13.9. The summed E-state index contributed by atoms with van der Waals surface area (Å²) in [5.74, 6) is -1.73. The number of alkyl halides is 3. The number of carbonyl (C=O) groups is 1. The molecule has 4 nitrogen and oxygen atoms in total. The van der Waals surface area contributed by atoms with E-state index in [1.165, 1.54) is 36.5 Å². The van der Waals surface area contributed by atoms with Gasteiger partial charge in [-0.2, -0.15) is 13.2 Å². The second kappa shape index (κ2) is 8.66. The largest absolute Gasteiger partial charge is 0.416 e. The first kappa shape index (κ1) is 21.5. The number of nitrogens with zero attached hydrogens (tertiary/aromatic N) is 1. The van der Waals surface area contributed by atoms with E-state index in [9.17, 15) is 26.7 Å². The summed E-state index contributed by atoms with van der Waals surface area (Å²) in [5.41, 5.74) is -1.17. The van der Waals surface area contributed by atoms with Gasteiger partial charge in [0, 0.05) is 11.9 Å². The quantitative estimate of drug-likeness (QED) is 0.492. The third-order valence-electron chi connectivity index (χ3n) is 3.98. The molecule has 0 aliphatic heterocycles. The van der Waals surface area contributed by atoms with Gasteiger partial charge in [-0.15, -0.1) is 0 Å². The Morgan fingerprint density at radius 2 is 1.77 bits per heavy atom. The number of urea groups is 1. The number of amides is 2. The fourth-order valence-corrected chi connectivity index (χ4v) is 2.81. The Kier molecular flexibility index (Phi) is 6.21. The second-order valence-electron chi connectivity index (χ2n) is 6.21. The Balaban J connectivity index is 1.96. The van der Waals surface area contributed by atoms with Crippen LogP contribution in [-0.2, 0) is 6.18 Å². The molecule has 1 heterocycles. The van der Waals surface area contributed by atoms with Gasteiger partial charge in [-0.25, -0.2) is 13.6 Å². The van der Waals surface area contributed by atoms with Crippen molar-refractivity contribution >= 4 is 23.3 Å². The highest BCUT2D eigenvalue weighted by Crippen LogP contribution is 2.33.